The molecule has 0 unspecified atom stereocenters. The number of rotatable bonds is 6. The fourth-order valence-corrected chi connectivity index (χ4v) is 2.60. The zero-order valence-electron chi connectivity index (χ0n) is 11.0. The highest BCUT2D eigenvalue weighted by atomic mass is 16.1. The first-order valence-corrected chi connectivity index (χ1v) is 6.69. The molecule has 2 N–H and O–H groups in total. The predicted molar refractivity (Wildman–Crippen MR) is 73.4 cm³/mol. The van der Waals surface area contributed by atoms with Gasteiger partial charge in [-0.05, 0) is 25.5 Å². The van der Waals surface area contributed by atoms with Crippen LogP contribution in [0, 0.1) is 5.41 Å². The number of hydrogen-bond acceptors (Lipinski definition) is 2. The number of hydrogen-bond donors (Lipinski definition) is 2. The molecule has 18 heavy (non-hydrogen) atoms. The molecule has 2 rings (SSSR count). The second kappa shape index (κ2) is 6.01. The van der Waals surface area contributed by atoms with E-state index >= 15 is 0 Å². The highest BCUT2D eigenvalue weighted by Gasteiger charge is 2.36. The van der Waals surface area contributed by atoms with Gasteiger partial charge < -0.3 is 10.6 Å². The van der Waals surface area contributed by atoms with Gasteiger partial charge >= 0.3 is 0 Å². The Hall–Kier alpha value is -1.35. The maximum atomic E-state index is 11.9. The number of nitrogens with one attached hydrogen (secondary N) is 2. The van der Waals surface area contributed by atoms with Gasteiger partial charge in [0.05, 0.1) is 6.42 Å². The van der Waals surface area contributed by atoms with Gasteiger partial charge in [0.1, 0.15) is 0 Å². The van der Waals surface area contributed by atoms with Crippen molar-refractivity contribution in [1.82, 2.24) is 10.6 Å². The lowest BCUT2D eigenvalue weighted by Gasteiger charge is -2.42. The molecule has 3 nitrogen and oxygen atoms in total. The summed E-state index contributed by atoms with van der Waals surface area (Å²) in [4.78, 5) is 11.9. The van der Waals surface area contributed by atoms with Crippen molar-refractivity contribution in [2.45, 2.75) is 25.7 Å². The van der Waals surface area contributed by atoms with Gasteiger partial charge in [-0.25, -0.2) is 0 Å². The van der Waals surface area contributed by atoms with E-state index in [4.69, 9.17) is 0 Å². The molecule has 98 valence electrons. The minimum Gasteiger partial charge on any atom is -0.355 e. The first-order valence-electron chi connectivity index (χ1n) is 6.69. The fraction of sp³-hybridized carbons (Fsp3) is 0.533. The van der Waals surface area contributed by atoms with Crippen LogP contribution in [0.15, 0.2) is 30.3 Å². The molecule has 3 heteroatoms. The largest absolute Gasteiger partial charge is 0.355 e. The average molecular weight is 246 g/mol. The highest BCUT2D eigenvalue weighted by Crippen LogP contribution is 2.39. The Labute approximate surface area is 109 Å². The summed E-state index contributed by atoms with van der Waals surface area (Å²) in [5.74, 6) is 0.128. The molecule has 0 atom stereocenters. The Morgan fingerprint density at radius 2 is 1.94 bits per heavy atom. The Morgan fingerprint density at radius 3 is 2.50 bits per heavy atom. The summed E-state index contributed by atoms with van der Waals surface area (Å²) in [5, 5.41) is 6.31. The van der Waals surface area contributed by atoms with Crippen LogP contribution in [0.2, 0.25) is 0 Å². The van der Waals surface area contributed by atoms with Gasteiger partial charge in [-0.1, -0.05) is 36.8 Å². The van der Waals surface area contributed by atoms with E-state index in [1.165, 1.54) is 19.3 Å². The number of carbonyl (C=O) groups excluding carboxylic acids is 1. The van der Waals surface area contributed by atoms with E-state index < -0.39 is 0 Å². The zero-order valence-corrected chi connectivity index (χ0v) is 11.0. The van der Waals surface area contributed by atoms with Gasteiger partial charge in [-0.15, -0.1) is 0 Å². The van der Waals surface area contributed by atoms with E-state index in [-0.39, 0.29) is 5.91 Å². The van der Waals surface area contributed by atoms with Crippen molar-refractivity contribution < 1.29 is 4.79 Å². The van der Waals surface area contributed by atoms with Gasteiger partial charge in [-0.3, -0.25) is 4.79 Å². The summed E-state index contributed by atoms with van der Waals surface area (Å²) in [6.45, 7) is 1.80. The number of amides is 1. The third-order valence-corrected chi connectivity index (χ3v) is 3.83. The molecule has 0 aliphatic heterocycles. The van der Waals surface area contributed by atoms with Gasteiger partial charge in [0.25, 0.3) is 0 Å². The van der Waals surface area contributed by atoms with Crippen molar-refractivity contribution >= 4 is 5.91 Å². The minimum atomic E-state index is 0.128. The van der Waals surface area contributed by atoms with E-state index in [2.05, 4.69) is 10.6 Å². The summed E-state index contributed by atoms with van der Waals surface area (Å²) in [6.07, 6.45) is 4.21. The maximum Gasteiger partial charge on any atom is 0.224 e. The van der Waals surface area contributed by atoms with E-state index in [9.17, 15) is 4.79 Å². The molecule has 0 radical (unpaired) electrons. The van der Waals surface area contributed by atoms with Gasteiger partial charge in [0, 0.05) is 18.5 Å². The lowest BCUT2D eigenvalue weighted by atomic mass is 9.68. The summed E-state index contributed by atoms with van der Waals surface area (Å²) in [7, 11) is 1.98. The van der Waals surface area contributed by atoms with Crippen molar-refractivity contribution in [3.8, 4) is 0 Å². The average Bonchev–Trinajstić information content (AvgIpc) is 2.34. The van der Waals surface area contributed by atoms with Crippen LogP contribution in [0.3, 0.4) is 0 Å². The molecule has 1 amide bonds. The van der Waals surface area contributed by atoms with Gasteiger partial charge in [-0.2, -0.15) is 0 Å². The molecule has 0 aromatic heterocycles. The monoisotopic (exact) mass is 246 g/mol. The predicted octanol–water partition coefficient (Wildman–Crippen LogP) is 1.73. The molecule has 0 heterocycles. The second-order valence-electron chi connectivity index (χ2n) is 5.32. The van der Waals surface area contributed by atoms with Gasteiger partial charge in [0.2, 0.25) is 5.91 Å². The van der Waals surface area contributed by atoms with Crippen molar-refractivity contribution in [3.05, 3.63) is 35.9 Å². The molecule has 1 aromatic rings. The van der Waals surface area contributed by atoms with E-state index in [1.54, 1.807) is 0 Å². The van der Waals surface area contributed by atoms with E-state index in [1.807, 2.05) is 37.4 Å². The van der Waals surface area contributed by atoms with Gasteiger partial charge in [0.15, 0.2) is 0 Å². The Kier molecular flexibility index (Phi) is 4.37. The fourth-order valence-electron chi connectivity index (χ4n) is 2.60. The smallest absolute Gasteiger partial charge is 0.224 e. The number of benzene rings is 1. The highest BCUT2D eigenvalue weighted by molar-refractivity contribution is 5.78. The van der Waals surface area contributed by atoms with Crippen molar-refractivity contribution in [2.75, 3.05) is 20.1 Å². The quantitative estimate of drug-likeness (QED) is 0.802. The Balaban J connectivity index is 1.78. The van der Waals surface area contributed by atoms with E-state index in [0.717, 1.165) is 18.7 Å². The molecular formula is C15H22N2O. The van der Waals surface area contributed by atoms with Crippen LogP contribution in [-0.4, -0.2) is 26.0 Å². The summed E-state index contributed by atoms with van der Waals surface area (Å²) >= 11 is 0. The molecule has 1 aromatic carbocycles. The third kappa shape index (κ3) is 3.33. The first-order chi connectivity index (χ1) is 8.74. The minimum absolute atomic E-state index is 0.128. The van der Waals surface area contributed by atoms with Crippen LogP contribution < -0.4 is 10.6 Å². The second-order valence-corrected chi connectivity index (χ2v) is 5.32. The molecule has 1 aliphatic rings. The molecule has 0 spiro atoms. The van der Waals surface area contributed by atoms with Crippen LogP contribution in [0.4, 0.5) is 0 Å². The topological polar surface area (TPSA) is 41.1 Å². The van der Waals surface area contributed by atoms with Crippen molar-refractivity contribution in [3.63, 3.8) is 0 Å². The normalized spacial score (nSPS) is 16.9. The Bertz CT molecular complexity index is 385. The molecular weight excluding hydrogens is 224 g/mol. The van der Waals surface area contributed by atoms with Crippen LogP contribution >= 0.6 is 0 Å². The molecule has 0 bridgehead atoms. The summed E-state index contributed by atoms with van der Waals surface area (Å²) < 4.78 is 0. The SMILES string of the molecule is CNCC1(CNC(=O)Cc2ccccc2)CCC1. The first kappa shape index (κ1) is 13.1. The molecule has 1 saturated carbocycles. The van der Waals surface area contributed by atoms with Crippen LogP contribution in [-0.2, 0) is 11.2 Å². The molecule has 0 saturated heterocycles. The summed E-state index contributed by atoms with van der Waals surface area (Å²) in [5.41, 5.74) is 1.38. The molecule has 1 aliphatic carbocycles. The standard InChI is InChI=1S/C15H22N2O/c1-16-11-15(8-5-9-15)12-17-14(18)10-13-6-3-2-4-7-13/h2-4,6-7,16H,5,8-12H2,1H3,(H,17,18). The van der Waals surface area contributed by atoms with Crippen LogP contribution in [0.5, 0.6) is 0 Å². The summed E-state index contributed by atoms with van der Waals surface area (Å²) in [6, 6.07) is 9.89. The lowest BCUT2D eigenvalue weighted by Crippen LogP contribution is -2.47. The van der Waals surface area contributed by atoms with Crippen LogP contribution in [0.25, 0.3) is 0 Å². The Morgan fingerprint density at radius 1 is 1.22 bits per heavy atom. The van der Waals surface area contributed by atoms with E-state index in [0.29, 0.717) is 11.8 Å². The third-order valence-electron chi connectivity index (χ3n) is 3.83. The maximum absolute atomic E-state index is 11.9. The van der Waals surface area contributed by atoms with Crippen molar-refractivity contribution in [1.29, 1.82) is 0 Å². The van der Waals surface area contributed by atoms with Crippen molar-refractivity contribution in [2.24, 2.45) is 5.41 Å². The van der Waals surface area contributed by atoms with Crippen LogP contribution in [0.1, 0.15) is 24.8 Å². The molecule has 1 fully saturated rings. The zero-order chi connectivity index (χ0) is 12.8. The lowest BCUT2D eigenvalue weighted by molar-refractivity contribution is -0.121. The number of carbonyl (C=O) groups is 1.